The van der Waals surface area contributed by atoms with E-state index in [0.29, 0.717) is 12.5 Å². The van der Waals surface area contributed by atoms with Gasteiger partial charge in [0.15, 0.2) is 5.96 Å². The van der Waals surface area contributed by atoms with E-state index < -0.39 is 0 Å². The Labute approximate surface area is 130 Å². The van der Waals surface area contributed by atoms with Gasteiger partial charge in [0, 0.05) is 24.8 Å². The van der Waals surface area contributed by atoms with E-state index in [-0.39, 0.29) is 0 Å². The van der Waals surface area contributed by atoms with Gasteiger partial charge in [0.05, 0.1) is 19.3 Å². The molecule has 116 valence electrons. The molecule has 1 aliphatic rings. The van der Waals surface area contributed by atoms with Crippen molar-refractivity contribution in [2.75, 3.05) is 12.4 Å². The van der Waals surface area contributed by atoms with Gasteiger partial charge >= 0.3 is 0 Å². The second kappa shape index (κ2) is 6.51. The van der Waals surface area contributed by atoms with Crippen molar-refractivity contribution >= 4 is 11.6 Å². The molecule has 1 aromatic carbocycles. The molecule has 2 aromatic rings. The quantitative estimate of drug-likeness (QED) is 0.670. The molecule has 2 heterocycles. The van der Waals surface area contributed by atoms with Gasteiger partial charge in [0.1, 0.15) is 11.6 Å². The van der Waals surface area contributed by atoms with E-state index in [0.717, 1.165) is 35.9 Å². The zero-order chi connectivity index (χ0) is 15.4. The molecule has 0 spiro atoms. The molecule has 0 aliphatic carbocycles. The fraction of sp³-hybridized carbons (Fsp3) is 0.375. The van der Waals surface area contributed by atoms with Crippen LogP contribution in [-0.2, 0) is 19.5 Å². The topological polar surface area (TPSA) is 77.5 Å². The largest absolute Gasteiger partial charge is 0.497 e. The zero-order valence-corrected chi connectivity index (χ0v) is 12.7. The lowest BCUT2D eigenvalue weighted by Gasteiger charge is -2.11. The van der Waals surface area contributed by atoms with E-state index in [1.165, 1.54) is 12.8 Å². The Balaban J connectivity index is 1.60. The van der Waals surface area contributed by atoms with Crippen LogP contribution >= 0.6 is 0 Å². The molecule has 0 amide bonds. The van der Waals surface area contributed by atoms with Crippen LogP contribution in [0.15, 0.2) is 35.5 Å². The van der Waals surface area contributed by atoms with E-state index >= 15 is 0 Å². The highest BCUT2D eigenvalue weighted by Gasteiger charge is 2.11. The highest BCUT2D eigenvalue weighted by atomic mass is 16.5. The summed E-state index contributed by atoms with van der Waals surface area (Å²) in [5.74, 6) is 2.36. The summed E-state index contributed by atoms with van der Waals surface area (Å²) in [4.78, 5) is 8.96. The van der Waals surface area contributed by atoms with E-state index in [9.17, 15) is 0 Å². The van der Waals surface area contributed by atoms with Gasteiger partial charge in [-0.15, -0.1) is 0 Å². The summed E-state index contributed by atoms with van der Waals surface area (Å²) in [5.41, 5.74) is 7.77. The number of hydrogen-bond donors (Lipinski definition) is 2. The van der Waals surface area contributed by atoms with Gasteiger partial charge in [-0.2, -0.15) is 0 Å². The monoisotopic (exact) mass is 299 g/mol. The summed E-state index contributed by atoms with van der Waals surface area (Å²) in [6, 6.07) is 7.55. The molecule has 0 saturated heterocycles. The first kappa shape index (κ1) is 14.4. The third-order valence-electron chi connectivity index (χ3n) is 3.73. The molecule has 1 aromatic heterocycles. The van der Waals surface area contributed by atoms with Crippen LogP contribution < -0.4 is 15.8 Å². The minimum atomic E-state index is 0.385. The number of imidazole rings is 1. The SMILES string of the molecule is COc1ccc(NC(N)=NCc2cn3c(n2)CCCC3)cc1. The molecule has 22 heavy (non-hydrogen) atoms. The van der Waals surface area contributed by atoms with Gasteiger partial charge in [-0.3, -0.25) is 0 Å². The molecular formula is C16H21N5O. The summed E-state index contributed by atoms with van der Waals surface area (Å²) in [6.07, 6.45) is 5.59. The average Bonchev–Trinajstić information content (AvgIpc) is 2.96. The molecule has 1 aliphatic heterocycles. The van der Waals surface area contributed by atoms with Crippen LogP contribution in [0.1, 0.15) is 24.4 Å². The number of aromatic nitrogens is 2. The Bertz CT molecular complexity index is 636. The summed E-state index contributed by atoms with van der Waals surface area (Å²) in [6.45, 7) is 1.56. The second-order valence-corrected chi connectivity index (χ2v) is 5.35. The number of hydrogen-bond acceptors (Lipinski definition) is 3. The number of nitrogens with one attached hydrogen (secondary N) is 1. The molecular weight excluding hydrogens is 278 g/mol. The lowest BCUT2D eigenvalue weighted by atomic mass is 10.2. The Kier molecular flexibility index (Phi) is 4.27. The van der Waals surface area contributed by atoms with Crippen molar-refractivity contribution in [2.45, 2.75) is 32.4 Å². The number of benzene rings is 1. The lowest BCUT2D eigenvalue weighted by Crippen LogP contribution is -2.22. The van der Waals surface area contributed by atoms with E-state index in [1.54, 1.807) is 7.11 Å². The van der Waals surface area contributed by atoms with Crippen LogP contribution in [0.4, 0.5) is 5.69 Å². The number of nitrogens with two attached hydrogens (primary N) is 1. The van der Waals surface area contributed by atoms with Crippen LogP contribution in [0.3, 0.4) is 0 Å². The average molecular weight is 299 g/mol. The summed E-state index contributed by atoms with van der Waals surface area (Å²) < 4.78 is 7.34. The molecule has 0 unspecified atom stereocenters. The number of rotatable bonds is 4. The molecule has 3 N–H and O–H groups in total. The summed E-state index contributed by atoms with van der Waals surface area (Å²) >= 11 is 0. The number of ether oxygens (including phenoxy) is 1. The maximum atomic E-state index is 5.92. The third-order valence-corrected chi connectivity index (χ3v) is 3.73. The van der Waals surface area contributed by atoms with Crippen molar-refractivity contribution in [3.63, 3.8) is 0 Å². The van der Waals surface area contributed by atoms with E-state index in [2.05, 4.69) is 26.1 Å². The van der Waals surface area contributed by atoms with Crippen molar-refractivity contribution in [2.24, 2.45) is 10.7 Å². The molecule has 0 bridgehead atoms. The second-order valence-electron chi connectivity index (χ2n) is 5.35. The number of guanidine groups is 1. The predicted octanol–water partition coefficient (Wildman–Crippen LogP) is 2.15. The fourth-order valence-corrected chi connectivity index (χ4v) is 2.58. The fourth-order valence-electron chi connectivity index (χ4n) is 2.58. The molecule has 3 rings (SSSR count). The number of anilines is 1. The normalized spacial score (nSPS) is 14.5. The maximum absolute atomic E-state index is 5.92. The van der Waals surface area contributed by atoms with Crippen molar-refractivity contribution in [1.82, 2.24) is 9.55 Å². The molecule has 0 saturated carbocycles. The van der Waals surface area contributed by atoms with E-state index in [1.807, 2.05) is 24.3 Å². The lowest BCUT2D eigenvalue weighted by molar-refractivity contribution is 0.415. The zero-order valence-electron chi connectivity index (χ0n) is 12.7. The summed E-state index contributed by atoms with van der Waals surface area (Å²) in [7, 11) is 1.64. The van der Waals surface area contributed by atoms with Crippen molar-refractivity contribution in [3.05, 3.63) is 42.0 Å². The highest BCUT2D eigenvalue weighted by molar-refractivity contribution is 5.92. The molecule has 6 heteroatoms. The first-order chi connectivity index (χ1) is 10.7. The number of aryl methyl sites for hydroxylation is 2. The first-order valence-corrected chi connectivity index (χ1v) is 7.50. The van der Waals surface area contributed by atoms with Gasteiger partial charge in [-0.05, 0) is 37.1 Å². The van der Waals surface area contributed by atoms with Gasteiger partial charge < -0.3 is 20.4 Å². The van der Waals surface area contributed by atoms with Gasteiger partial charge in [0.2, 0.25) is 0 Å². The van der Waals surface area contributed by atoms with E-state index in [4.69, 9.17) is 10.5 Å². The van der Waals surface area contributed by atoms with Gasteiger partial charge in [0.25, 0.3) is 0 Å². The van der Waals surface area contributed by atoms with Gasteiger partial charge in [-0.25, -0.2) is 9.98 Å². The maximum Gasteiger partial charge on any atom is 0.193 e. The Morgan fingerprint density at radius 2 is 2.18 bits per heavy atom. The number of nitrogens with zero attached hydrogens (tertiary/aromatic N) is 3. The number of fused-ring (bicyclic) bond motifs is 1. The number of aliphatic imine (C=N–C) groups is 1. The Morgan fingerprint density at radius 1 is 1.36 bits per heavy atom. The highest BCUT2D eigenvalue weighted by Crippen LogP contribution is 2.16. The minimum Gasteiger partial charge on any atom is -0.497 e. The number of methoxy groups -OCH3 is 1. The third kappa shape index (κ3) is 3.39. The summed E-state index contributed by atoms with van der Waals surface area (Å²) in [5, 5.41) is 3.06. The first-order valence-electron chi connectivity index (χ1n) is 7.50. The van der Waals surface area contributed by atoms with Crippen LogP contribution in [0.25, 0.3) is 0 Å². The van der Waals surface area contributed by atoms with Crippen LogP contribution in [0.5, 0.6) is 5.75 Å². The predicted molar refractivity (Wildman–Crippen MR) is 87.1 cm³/mol. The minimum absolute atomic E-state index is 0.385. The van der Waals surface area contributed by atoms with Gasteiger partial charge in [-0.1, -0.05) is 0 Å². The molecule has 0 atom stereocenters. The van der Waals surface area contributed by atoms with Crippen molar-refractivity contribution in [3.8, 4) is 5.75 Å². The smallest absolute Gasteiger partial charge is 0.193 e. The van der Waals surface area contributed by atoms with Crippen LogP contribution in [0.2, 0.25) is 0 Å². The van der Waals surface area contributed by atoms with Crippen molar-refractivity contribution in [1.29, 1.82) is 0 Å². The Morgan fingerprint density at radius 3 is 2.91 bits per heavy atom. The standard InChI is InChI=1S/C16H21N5O/c1-22-14-7-5-12(6-8-14)20-16(17)18-10-13-11-21-9-3-2-4-15(21)19-13/h5-8,11H,2-4,9-10H2,1H3,(H3,17,18,20). The molecule has 6 nitrogen and oxygen atoms in total. The molecule has 0 radical (unpaired) electrons. The van der Waals surface area contributed by atoms with Crippen LogP contribution in [0, 0.1) is 0 Å². The van der Waals surface area contributed by atoms with Crippen molar-refractivity contribution < 1.29 is 4.74 Å². The Hall–Kier alpha value is -2.50. The molecule has 0 fully saturated rings. The van der Waals surface area contributed by atoms with Crippen LogP contribution in [-0.4, -0.2) is 22.6 Å².